The summed E-state index contributed by atoms with van der Waals surface area (Å²) in [7, 11) is 3.84. The Labute approximate surface area is 125 Å². The summed E-state index contributed by atoms with van der Waals surface area (Å²) in [4.78, 5) is 6.22. The van der Waals surface area contributed by atoms with Crippen LogP contribution in [-0.2, 0) is 20.1 Å². The third-order valence-corrected chi connectivity index (χ3v) is 3.49. The van der Waals surface area contributed by atoms with Gasteiger partial charge in [0.05, 0.1) is 12.2 Å². The third kappa shape index (κ3) is 3.82. The van der Waals surface area contributed by atoms with Gasteiger partial charge in [-0.3, -0.25) is 0 Å². The van der Waals surface area contributed by atoms with Crippen LogP contribution < -0.4 is 10.2 Å². The molecule has 0 aliphatic heterocycles. The molecule has 114 valence electrons. The van der Waals surface area contributed by atoms with E-state index in [0.717, 1.165) is 24.4 Å². The number of para-hydroxylation sites is 1. The molecule has 1 N–H and O–H groups in total. The molecule has 0 saturated carbocycles. The minimum absolute atomic E-state index is 0.192. The van der Waals surface area contributed by atoms with Crippen molar-refractivity contribution in [3.63, 3.8) is 0 Å². The molecule has 21 heavy (non-hydrogen) atoms. The van der Waals surface area contributed by atoms with Gasteiger partial charge in [0.1, 0.15) is 11.6 Å². The molecule has 0 atom stereocenters. The van der Waals surface area contributed by atoms with Crippen LogP contribution in [0.15, 0.2) is 30.6 Å². The molecular weight excluding hydrogens is 267 g/mol. The molecule has 1 aromatic heterocycles. The van der Waals surface area contributed by atoms with E-state index >= 15 is 0 Å². The van der Waals surface area contributed by atoms with Crippen LogP contribution in [-0.4, -0.2) is 23.1 Å². The average Bonchev–Trinajstić information content (AvgIpc) is 2.84. The number of anilines is 1. The van der Waals surface area contributed by atoms with E-state index in [2.05, 4.69) is 17.2 Å². The Hall–Kier alpha value is -1.88. The smallest absolute Gasteiger partial charge is 0.146 e. The summed E-state index contributed by atoms with van der Waals surface area (Å²) in [6.07, 6.45) is 4.72. The molecule has 0 unspecified atom stereocenters. The molecule has 0 spiro atoms. The number of aromatic nitrogens is 2. The number of imidazole rings is 1. The minimum atomic E-state index is -0.192. The van der Waals surface area contributed by atoms with E-state index in [1.165, 1.54) is 6.07 Å². The maximum Gasteiger partial charge on any atom is 0.146 e. The average molecular weight is 290 g/mol. The van der Waals surface area contributed by atoms with Crippen LogP contribution >= 0.6 is 0 Å². The highest BCUT2D eigenvalue weighted by molar-refractivity contribution is 5.54. The predicted molar refractivity (Wildman–Crippen MR) is 83.7 cm³/mol. The Bertz CT molecular complexity index is 579. The van der Waals surface area contributed by atoms with Gasteiger partial charge in [-0.2, -0.15) is 0 Å². The molecule has 0 fully saturated rings. The van der Waals surface area contributed by atoms with E-state index in [9.17, 15) is 4.39 Å². The summed E-state index contributed by atoms with van der Waals surface area (Å²) in [5.41, 5.74) is 1.62. The molecule has 2 rings (SSSR count). The van der Waals surface area contributed by atoms with Crippen molar-refractivity contribution in [2.75, 3.05) is 18.5 Å². The summed E-state index contributed by atoms with van der Waals surface area (Å²) in [6.45, 7) is 4.29. The second-order valence-corrected chi connectivity index (χ2v) is 5.23. The third-order valence-electron chi connectivity index (χ3n) is 3.49. The predicted octanol–water partition coefficient (Wildman–Crippen LogP) is 2.70. The van der Waals surface area contributed by atoms with Crippen molar-refractivity contribution in [1.82, 2.24) is 14.9 Å². The van der Waals surface area contributed by atoms with Crippen molar-refractivity contribution in [1.29, 1.82) is 0 Å². The fraction of sp³-hybridized carbons (Fsp3) is 0.438. The molecule has 0 bridgehead atoms. The van der Waals surface area contributed by atoms with Gasteiger partial charge >= 0.3 is 0 Å². The Kier molecular flexibility index (Phi) is 5.33. The molecule has 0 aliphatic carbocycles. The fourth-order valence-corrected chi connectivity index (χ4v) is 2.37. The number of nitrogens with zero attached hydrogens (tertiary/aromatic N) is 3. The summed E-state index contributed by atoms with van der Waals surface area (Å²) >= 11 is 0. The number of rotatable bonds is 7. The zero-order chi connectivity index (χ0) is 15.2. The Morgan fingerprint density at radius 3 is 2.86 bits per heavy atom. The fourth-order valence-electron chi connectivity index (χ4n) is 2.37. The van der Waals surface area contributed by atoms with Gasteiger partial charge in [-0.1, -0.05) is 19.1 Å². The molecule has 0 aliphatic rings. The topological polar surface area (TPSA) is 33.1 Å². The van der Waals surface area contributed by atoms with Crippen LogP contribution in [0, 0.1) is 5.82 Å². The molecule has 1 aromatic carbocycles. The zero-order valence-electron chi connectivity index (χ0n) is 12.9. The first-order valence-corrected chi connectivity index (χ1v) is 7.29. The van der Waals surface area contributed by atoms with Crippen molar-refractivity contribution in [2.45, 2.75) is 26.4 Å². The minimum Gasteiger partial charge on any atom is -0.364 e. The zero-order valence-corrected chi connectivity index (χ0v) is 12.9. The van der Waals surface area contributed by atoms with Crippen LogP contribution in [0.25, 0.3) is 0 Å². The van der Waals surface area contributed by atoms with E-state index in [4.69, 9.17) is 0 Å². The summed E-state index contributed by atoms with van der Waals surface area (Å²) < 4.78 is 16.2. The molecule has 4 nitrogen and oxygen atoms in total. The second kappa shape index (κ2) is 7.22. The van der Waals surface area contributed by atoms with Crippen LogP contribution in [0.4, 0.5) is 10.1 Å². The highest BCUT2D eigenvalue weighted by atomic mass is 19.1. The van der Waals surface area contributed by atoms with Gasteiger partial charge in [-0.25, -0.2) is 9.37 Å². The highest BCUT2D eigenvalue weighted by Gasteiger charge is 2.14. The lowest BCUT2D eigenvalue weighted by Gasteiger charge is -2.23. The van der Waals surface area contributed by atoms with Crippen LogP contribution in [0.1, 0.15) is 24.7 Å². The monoisotopic (exact) mass is 290 g/mol. The lowest BCUT2D eigenvalue weighted by molar-refractivity contribution is 0.610. The van der Waals surface area contributed by atoms with E-state index in [-0.39, 0.29) is 5.82 Å². The number of hydrogen-bond acceptors (Lipinski definition) is 3. The first-order chi connectivity index (χ1) is 10.1. The van der Waals surface area contributed by atoms with E-state index < -0.39 is 0 Å². The molecule has 2 aromatic rings. The lowest BCUT2D eigenvalue weighted by atomic mass is 10.1. The van der Waals surface area contributed by atoms with Gasteiger partial charge < -0.3 is 14.8 Å². The Morgan fingerprint density at radius 2 is 2.19 bits per heavy atom. The van der Waals surface area contributed by atoms with Gasteiger partial charge in [-0.05, 0) is 24.6 Å². The number of benzene rings is 1. The van der Waals surface area contributed by atoms with Crippen LogP contribution in [0.2, 0.25) is 0 Å². The number of nitrogens with one attached hydrogen (secondary N) is 1. The Morgan fingerprint density at radius 1 is 1.38 bits per heavy atom. The van der Waals surface area contributed by atoms with Gasteiger partial charge in [0.25, 0.3) is 0 Å². The molecule has 1 heterocycles. The highest BCUT2D eigenvalue weighted by Crippen LogP contribution is 2.24. The molecule has 0 amide bonds. The summed E-state index contributed by atoms with van der Waals surface area (Å²) in [5, 5.41) is 3.33. The number of hydrogen-bond donors (Lipinski definition) is 1. The largest absolute Gasteiger partial charge is 0.364 e. The summed E-state index contributed by atoms with van der Waals surface area (Å²) in [5.74, 6) is 0.718. The van der Waals surface area contributed by atoms with Crippen LogP contribution in [0.5, 0.6) is 0 Å². The van der Waals surface area contributed by atoms with Crippen molar-refractivity contribution >= 4 is 5.69 Å². The van der Waals surface area contributed by atoms with Crippen molar-refractivity contribution < 1.29 is 4.39 Å². The molecule has 0 radical (unpaired) electrons. The van der Waals surface area contributed by atoms with E-state index in [1.807, 2.05) is 35.8 Å². The molecular formula is C16H23FN4. The Balaban J connectivity index is 2.18. The quantitative estimate of drug-likeness (QED) is 0.796. The van der Waals surface area contributed by atoms with Crippen LogP contribution in [0.3, 0.4) is 0 Å². The lowest BCUT2D eigenvalue weighted by Crippen LogP contribution is -2.23. The second-order valence-electron chi connectivity index (χ2n) is 5.23. The first-order valence-electron chi connectivity index (χ1n) is 7.29. The van der Waals surface area contributed by atoms with Crippen molar-refractivity contribution in [2.24, 2.45) is 7.05 Å². The maximum absolute atomic E-state index is 14.2. The van der Waals surface area contributed by atoms with Gasteiger partial charge in [0, 0.05) is 33.0 Å². The normalized spacial score (nSPS) is 10.9. The molecule has 0 saturated heterocycles. The molecule has 5 heteroatoms. The van der Waals surface area contributed by atoms with Crippen molar-refractivity contribution in [3.8, 4) is 0 Å². The number of halogens is 1. The maximum atomic E-state index is 14.2. The standard InChI is InChI=1S/C16H23FN4/c1-4-8-18-11-13-6-5-7-14(17)16(13)21(3)12-15-19-9-10-20(15)2/h5-7,9-10,18H,4,8,11-12H2,1-3H3. The van der Waals surface area contributed by atoms with E-state index in [0.29, 0.717) is 18.8 Å². The van der Waals surface area contributed by atoms with Gasteiger partial charge in [-0.15, -0.1) is 0 Å². The van der Waals surface area contributed by atoms with Gasteiger partial charge in [0.15, 0.2) is 0 Å². The van der Waals surface area contributed by atoms with E-state index in [1.54, 1.807) is 12.3 Å². The van der Waals surface area contributed by atoms with Crippen molar-refractivity contribution in [3.05, 3.63) is 47.8 Å². The first kappa shape index (κ1) is 15.5. The SMILES string of the molecule is CCCNCc1cccc(F)c1N(C)Cc1nccn1C. The number of aryl methyl sites for hydroxylation is 1. The summed E-state index contributed by atoms with van der Waals surface area (Å²) in [6, 6.07) is 5.24. The van der Waals surface area contributed by atoms with Gasteiger partial charge in [0.2, 0.25) is 0 Å².